The number of amides is 1. The van der Waals surface area contributed by atoms with Crippen molar-refractivity contribution in [2.75, 3.05) is 13.1 Å². The van der Waals surface area contributed by atoms with Crippen LogP contribution < -0.4 is 5.73 Å². The van der Waals surface area contributed by atoms with E-state index in [9.17, 15) is 4.79 Å². The van der Waals surface area contributed by atoms with Gasteiger partial charge in [-0.3, -0.25) is 4.79 Å². The molecule has 1 aromatic carbocycles. The lowest BCUT2D eigenvalue weighted by Crippen LogP contribution is -2.39. The molecule has 2 N–H and O–H groups in total. The summed E-state index contributed by atoms with van der Waals surface area (Å²) in [5.41, 5.74) is 7.78. The van der Waals surface area contributed by atoms with Gasteiger partial charge in [-0.25, -0.2) is 0 Å². The van der Waals surface area contributed by atoms with Crippen LogP contribution in [-0.2, 0) is 6.42 Å². The molecule has 0 aliphatic carbocycles. The molecule has 1 heterocycles. The summed E-state index contributed by atoms with van der Waals surface area (Å²) in [6.45, 7) is 3.40. The second kappa shape index (κ2) is 4.66. The topological polar surface area (TPSA) is 46.3 Å². The standard InChI is InChI=1S/C13H18N2O/c1-10(14)9-15-8-4-6-11-5-2-3-7-12(11)13(15)16/h2-3,5,7,10H,4,6,8-9,14H2,1H3/t10-/m1/s1. The van der Waals surface area contributed by atoms with E-state index in [-0.39, 0.29) is 11.9 Å². The average Bonchev–Trinajstić information content (AvgIpc) is 2.40. The van der Waals surface area contributed by atoms with E-state index in [2.05, 4.69) is 0 Å². The van der Waals surface area contributed by atoms with E-state index >= 15 is 0 Å². The third kappa shape index (κ3) is 2.25. The summed E-state index contributed by atoms with van der Waals surface area (Å²) in [4.78, 5) is 14.1. The minimum absolute atomic E-state index is 0.0363. The summed E-state index contributed by atoms with van der Waals surface area (Å²) in [5, 5.41) is 0. The van der Waals surface area contributed by atoms with Crippen LogP contribution in [0.25, 0.3) is 0 Å². The van der Waals surface area contributed by atoms with Gasteiger partial charge in [-0.05, 0) is 31.4 Å². The van der Waals surface area contributed by atoms with E-state index in [0.717, 1.165) is 24.9 Å². The number of aryl methyl sites for hydroxylation is 1. The minimum Gasteiger partial charge on any atom is -0.337 e. The number of benzene rings is 1. The molecule has 86 valence electrons. The second-order valence-corrected chi connectivity index (χ2v) is 4.49. The zero-order valence-corrected chi connectivity index (χ0v) is 9.65. The first kappa shape index (κ1) is 11.1. The number of nitrogens with two attached hydrogens (primary N) is 1. The van der Waals surface area contributed by atoms with Crippen molar-refractivity contribution in [3.8, 4) is 0 Å². The fraction of sp³-hybridized carbons (Fsp3) is 0.462. The molecule has 0 aromatic heterocycles. The highest BCUT2D eigenvalue weighted by atomic mass is 16.2. The molecule has 0 saturated heterocycles. The van der Waals surface area contributed by atoms with Gasteiger partial charge >= 0.3 is 0 Å². The van der Waals surface area contributed by atoms with Crippen molar-refractivity contribution in [1.82, 2.24) is 4.90 Å². The van der Waals surface area contributed by atoms with Gasteiger partial charge in [0.1, 0.15) is 0 Å². The van der Waals surface area contributed by atoms with Gasteiger partial charge in [0.2, 0.25) is 0 Å². The largest absolute Gasteiger partial charge is 0.337 e. The van der Waals surface area contributed by atoms with Gasteiger partial charge in [-0.1, -0.05) is 18.2 Å². The maximum atomic E-state index is 12.2. The molecule has 3 heteroatoms. The number of carbonyl (C=O) groups is 1. The molecular formula is C13H18N2O. The molecule has 1 aliphatic heterocycles. The first-order valence-electron chi connectivity index (χ1n) is 5.81. The Morgan fingerprint density at radius 3 is 2.94 bits per heavy atom. The van der Waals surface area contributed by atoms with E-state index in [0.29, 0.717) is 6.54 Å². The van der Waals surface area contributed by atoms with Crippen molar-refractivity contribution >= 4 is 5.91 Å². The Labute approximate surface area is 96.2 Å². The van der Waals surface area contributed by atoms with Gasteiger partial charge in [0, 0.05) is 24.7 Å². The predicted octanol–water partition coefficient (Wildman–Crippen LogP) is 1.42. The molecule has 2 rings (SSSR count). The zero-order chi connectivity index (χ0) is 11.5. The van der Waals surface area contributed by atoms with Crippen molar-refractivity contribution in [3.63, 3.8) is 0 Å². The summed E-state index contributed by atoms with van der Waals surface area (Å²) in [7, 11) is 0. The lowest BCUT2D eigenvalue weighted by atomic mass is 10.0. The maximum absolute atomic E-state index is 12.2. The second-order valence-electron chi connectivity index (χ2n) is 4.49. The number of hydrogen-bond acceptors (Lipinski definition) is 2. The Balaban J connectivity index is 2.26. The van der Waals surface area contributed by atoms with Gasteiger partial charge in [-0.2, -0.15) is 0 Å². The van der Waals surface area contributed by atoms with Crippen LogP contribution in [-0.4, -0.2) is 29.9 Å². The van der Waals surface area contributed by atoms with Gasteiger partial charge in [0.15, 0.2) is 0 Å². The Morgan fingerprint density at radius 2 is 2.19 bits per heavy atom. The molecule has 1 aliphatic rings. The van der Waals surface area contributed by atoms with Crippen LogP contribution in [0.2, 0.25) is 0 Å². The van der Waals surface area contributed by atoms with Gasteiger partial charge in [0.05, 0.1) is 0 Å². The highest BCUT2D eigenvalue weighted by Crippen LogP contribution is 2.18. The van der Waals surface area contributed by atoms with Crippen LogP contribution in [0.5, 0.6) is 0 Å². The Morgan fingerprint density at radius 1 is 1.44 bits per heavy atom. The molecule has 0 saturated carbocycles. The highest BCUT2D eigenvalue weighted by molar-refractivity contribution is 5.96. The fourth-order valence-corrected chi connectivity index (χ4v) is 2.20. The Kier molecular flexibility index (Phi) is 3.25. The van der Waals surface area contributed by atoms with Crippen LogP contribution in [0, 0.1) is 0 Å². The number of rotatable bonds is 2. The first-order valence-corrected chi connectivity index (χ1v) is 5.81. The maximum Gasteiger partial charge on any atom is 0.254 e. The van der Waals surface area contributed by atoms with Crippen LogP contribution in [0.1, 0.15) is 29.3 Å². The van der Waals surface area contributed by atoms with E-state index in [1.54, 1.807) is 0 Å². The molecule has 0 unspecified atom stereocenters. The van der Waals surface area contributed by atoms with Crippen molar-refractivity contribution in [3.05, 3.63) is 35.4 Å². The lowest BCUT2D eigenvalue weighted by Gasteiger charge is -2.22. The fourth-order valence-electron chi connectivity index (χ4n) is 2.20. The smallest absolute Gasteiger partial charge is 0.254 e. The van der Waals surface area contributed by atoms with Crippen molar-refractivity contribution < 1.29 is 4.79 Å². The summed E-state index contributed by atoms with van der Waals surface area (Å²) >= 11 is 0. The normalized spacial score (nSPS) is 17.9. The summed E-state index contributed by atoms with van der Waals surface area (Å²) in [6, 6.07) is 7.91. The predicted molar refractivity (Wildman–Crippen MR) is 64.3 cm³/mol. The summed E-state index contributed by atoms with van der Waals surface area (Å²) in [5.74, 6) is 0.130. The summed E-state index contributed by atoms with van der Waals surface area (Å²) < 4.78 is 0. The van der Waals surface area contributed by atoms with Gasteiger partial charge in [-0.15, -0.1) is 0 Å². The number of fused-ring (bicyclic) bond motifs is 1. The van der Waals surface area contributed by atoms with Crippen LogP contribution >= 0.6 is 0 Å². The molecule has 1 amide bonds. The van der Waals surface area contributed by atoms with Gasteiger partial charge < -0.3 is 10.6 Å². The zero-order valence-electron chi connectivity index (χ0n) is 9.65. The highest BCUT2D eigenvalue weighted by Gasteiger charge is 2.22. The molecule has 1 aromatic rings. The summed E-state index contributed by atoms with van der Waals surface area (Å²) in [6.07, 6.45) is 2.01. The monoisotopic (exact) mass is 218 g/mol. The van der Waals surface area contributed by atoms with Crippen molar-refractivity contribution in [2.24, 2.45) is 5.73 Å². The lowest BCUT2D eigenvalue weighted by molar-refractivity contribution is 0.0753. The molecule has 1 atom stereocenters. The first-order chi connectivity index (χ1) is 7.68. The molecule has 3 nitrogen and oxygen atoms in total. The SMILES string of the molecule is C[C@@H](N)CN1CCCc2ccccc2C1=O. The van der Waals surface area contributed by atoms with Crippen LogP contribution in [0.15, 0.2) is 24.3 Å². The number of hydrogen-bond donors (Lipinski definition) is 1. The van der Waals surface area contributed by atoms with Gasteiger partial charge in [0.25, 0.3) is 5.91 Å². The van der Waals surface area contributed by atoms with Crippen LogP contribution in [0.4, 0.5) is 0 Å². The van der Waals surface area contributed by atoms with E-state index < -0.39 is 0 Å². The van der Waals surface area contributed by atoms with Crippen LogP contribution in [0.3, 0.4) is 0 Å². The third-order valence-corrected chi connectivity index (χ3v) is 2.92. The van der Waals surface area contributed by atoms with Crippen molar-refractivity contribution in [1.29, 1.82) is 0 Å². The Bertz CT molecular complexity index is 387. The van der Waals surface area contributed by atoms with E-state index in [4.69, 9.17) is 5.73 Å². The molecule has 16 heavy (non-hydrogen) atoms. The van der Waals surface area contributed by atoms with E-state index in [1.807, 2.05) is 36.1 Å². The molecule has 0 fully saturated rings. The minimum atomic E-state index is 0.0363. The molecule has 0 spiro atoms. The average molecular weight is 218 g/mol. The Hall–Kier alpha value is -1.35. The number of carbonyl (C=O) groups excluding carboxylic acids is 1. The molecule has 0 radical (unpaired) electrons. The van der Waals surface area contributed by atoms with Crippen molar-refractivity contribution in [2.45, 2.75) is 25.8 Å². The quantitative estimate of drug-likeness (QED) is 0.816. The molecule has 0 bridgehead atoms. The third-order valence-electron chi connectivity index (χ3n) is 2.92. The number of nitrogens with zero attached hydrogens (tertiary/aromatic N) is 1. The molecular weight excluding hydrogens is 200 g/mol. The van der Waals surface area contributed by atoms with E-state index in [1.165, 1.54) is 5.56 Å².